The molecular formula is C14H17N5O3S. The van der Waals surface area contributed by atoms with Crippen molar-refractivity contribution >= 4 is 29.3 Å². The van der Waals surface area contributed by atoms with Gasteiger partial charge in [0.05, 0.1) is 23.6 Å². The first kappa shape index (κ1) is 16.8. The molecule has 1 aromatic heterocycles. The Balaban J connectivity index is 1.98. The van der Waals surface area contributed by atoms with E-state index in [1.807, 2.05) is 6.92 Å². The molecule has 23 heavy (non-hydrogen) atoms. The number of benzene rings is 1. The zero-order chi connectivity index (χ0) is 16.7. The van der Waals surface area contributed by atoms with Crippen molar-refractivity contribution in [1.82, 2.24) is 14.9 Å². The van der Waals surface area contributed by atoms with Gasteiger partial charge in [-0.2, -0.15) is 0 Å². The summed E-state index contributed by atoms with van der Waals surface area (Å²) in [7, 11) is 0. The average Bonchev–Trinajstić information content (AvgIpc) is 2.96. The summed E-state index contributed by atoms with van der Waals surface area (Å²) in [5, 5.41) is 10.5. The first-order chi connectivity index (χ1) is 11.1. The van der Waals surface area contributed by atoms with Gasteiger partial charge in [0, 0.05) is 0 Å². The Hall–Kier alpha value is -2.55. The molecule has 0 saturated carbocycles. The van der Waals surface area contributed by atoms with E-state index in [-0.39, 0.29) is 11.7 Å². The van der Waals surface area contributed by atoms with Gasteiger partial charge in [0.25, 0.3) is 0 Å². The molecule has 0 atom stereocenters. The average molecular weight is 335 g/mol. The molecule has 0 aliphatic carbocycles. The molecule has 0 bridgehead atoms. The molecule has 8 nitrogen and oxygen atoms in total. The van der Waals surface area contributed by atoms with E-state index in [4.69, 9.17) is 10.6 Å². The highest BCUT2D eigenvalue weighted by atomic mass is 32.2. The molecule has 1 aromatic carbocycles. The molecule has 0 unspecified atom stereocenters. The zero-order valence-electron chi connectivity index (χ0n) is 12.6. The number of nitrogens with zero attached hydrogens (tertiary/aromatic N) is 3. The highest BCUT2D eigenvalue weighted by Crippen LogP contribution is 2.18. The van der Waals surface area contributed by atoms with Gasteiger partial charge >= 0.3 is 5.97 Å². The zero-order valence-corrected chi connectivity index (χ0v) is 13.4. The maximum atomic E-state index is 12.0. The normalized spacial score (nSPS) is 10.3. The van der Waals surface area contributed by atoms with Crippen LogP contribution in [0.25, 0.3) is 0 Å². The van der Waals surface area contributed by atoms with E-state index < -0.39 is 5.97 Å². The second-order valence-electron chi connectivity index (χ2n) is 4.54. The summed E-state index contributed by atoms with van der Waals surface area (Å²) in [5.41, 5.74) is 0.731. The summed E-state index contributed by atoms with van der Waals surface area (Å²) in [6.45, 7) is 2.25. The van der Waals surface area contributed by atoms with Crippen LogP contribution in [0.2, 0.25) is 0 Å². The number of carbonyl (C=O) groups excluding carboxylic acids is 2. The minimum Gasteiger partial charge on any atom is -0.462 e. The van der Waals surface area contributed by atoms with Crippen molar-refractivity contribution in [2.24, 2.45) is 0 Å². The van der Waals surface area contributed by atoms with Crippen LogP contribution in [0, 0.1) is 0 Å². The Labute approximate surface area is 137 Å². The summed E-state index contributed by atoms with van der Waals surface area (Å²) in [5.74, 6) is 4.91. The molecule has 9 heteroatoms. The Bertz CT molecular complexity index is 689. The molecule has 0 spiro atoms. The fourth-order valence-electron chi connectivity index (χ4n) is 1.69. The van der Waals surface area contributed by atoms with Crippen LogP contribution in [0.5, 0.6) is 0 Å². The number of para-hydroxylation sites is 1. The molecule has 0 radical (unpaired) electrons. The molecule has 0 fully saturated rings. The highest BCUT2D eigenvalue weighted by Gasteiger charge is 2.15. The Kier molecular flexibility index (Phi) is 5.98. The predicted molar refractivity (Wildman–Crippen MR) is 86.5 cm³/mol. The molecule has 2 aromatic rings. The number of nitrogen functional groups attached to an aromatic ring is 1. The number of nitrogens with one attached hydrogen (secondary N) is 1. The molecule has 1 heterocycles. The molecule has 0 saturated heterocycles. The second-order valence-corrected chi connectivity index (χ2v) is 5.48. The van der Waals surface area contributed by atoms with Crippen molar-refractivity contribution in [1.29, 1.82) is 0 Å². The lowest BCUT2D eigenvalue weighted by Crippen LogP contribution is -2.18. The molecule has 0 aliphatic heterocycles. The van der Waals surface area contributed by atoms with Crippen LogP contribution < -0.4 is 11.2 Å². The maximum absolute atomic E-state index is 12.0. The number of esters is 1. The fourth-order valence-corrected chi connectivity index (χ4v) is 2.33. The largest absolute Gasteiger partial charge is 0.462 e. The number of hydrogen-bond donors (Lipinski definition) is 2. The third-order valence-corrected chi connectivity index (χ3v) is 3.69. The molecule has 3 N–H and O–H groups in total. The van der Waals surface area contributed by atoms with Crippen LogP contribution in [0.3, 0.4) is 0 Å². The van der Waals surface area contributed by atoms with Gasteiger partial charge < -0.3 is 15.9 Å². The topological polar surface area (TPSA) is 112 Å². The van der Waals surface area contributed by atoms with Gasteiger partial charge in [-0.1, -0.05) is 30.8 Å². The Morgan fingerprint density at radius 3 is 2.87 bits per heavy atom. The molecule has 2 rings (SSSR count). The van der Waals surface area contributed by atoms with Crippen LogP contribution in [0.4, 0.5) is 5.69 Å². The lowest BCUT2D eigenvalue weighted by Gasteiger charge is -2.10. The molecule has 122 valence electrons. The van der Waals surface area contributed by atoms with Gasteiger partial charge in [-0.3, -0.25) is 4.79 Å². The van der Waals surface area contributed by atoms with Gasteiger partial charge in [0.2, 0.25) is 11.1 Å². The van der Waals surface area contributed by atoms with E-state index in [0.717, 1.165) is 18.2 Å². The molecule has 1 amide bonds. The summed E-state index contributed by atoms with van der Waals surface area (Å²) in [4.78, 5) is 24.0. The fraction of sp³-hybridized carbons (Fsp3) is 0.286. The SMILES string of the molecule is CCCOC(=O)c1ccccc1NC(=O)CSc1nncn1N. The third-order valence-electron chi connectivity index (χ3n) is 2.73. The van der Waals surface area contributed by atoms with Gasteiger partial charge in [0.15, 0.2) is 0 Å². The standard InChI is InChI=1S/C14H17N5O3S/c1-2-7-22-13(21)10-5-3-4-6-11(10)17-12(20)8-23-14-18-16-9-19(14)15/h3-6,9H,2,7-8,15H2,1H3,(H,17,20). The smallest absolute Gasteiger partial charge is 0.340 e. The lowest BCUT2D eigenvalue weighted by atomic mass is 10.2. The summed E-state index contributed by atoms with van der Waals surface area (Å²) < 4.78 is 6.33. The van der Waals surface area contributed by atoms with Crippen molar-refractivity contribution < 1.29 is 14.3 Å². The summed E-state index contributed by atoms with van der Waals surface area (Å²) in [6.07, 6.45) is 2.08. The number of amides is 1. The van der Waals surface area contributed by atoms with Crippen LogP contribution in [0.1, 0.15) is 23.7 Å². The summed E-state index contributed by atoms with van der Waals surface area (Å²) in [6, 6.07) is 6.70. The van der Waals surface area contributed by atoms with Crippen molar-refractivity contribution in [3.63, 3.8) is 0 Å². The van der Waals surface area contributed by atoms with Crippen LogP contribution in [0.15, 0.2) is 35.7 Å². The van der Waals surface area contributed by atoms with E-state index in [9.17, 15) is 9.59 Å². The van der Waals surface area contributed by atoms with E-state index >= 15 is 0 Å². The van der Waals surface area contributed by atoms with Crippen LogP contribution in [-0.2, 0) is 9.53 Å². The number of anilines is 1. The number of rotatable bonds is 7. The number of nitrogens with two attached hydrogens (primary N) is 1. The monoisotopic (exact) mass is 335 g/mol. The lowest BCUT2D eigenvalue weighted by molar-refractivity contribution is -0.113. The predicted octanol–water partition coefficient (Wildman–Crippen LogP) is 1.29. The number of aromatic nitrogens is 3. The first-order valence-electron chi connectivity index (χ1n) is 6.95. The number of ether oxygens (including phenoxy) is 1. The number of hydrogen-bond acceptors (Lipinski definition) is 7. The second kappa shape index (κ2) is 8.18. The van der Waals surface area contributed by atoms with E-state index in [2.05, 4.69) is 15.5 Å². The van der Waals surface area contributed by atoms with Crippen LogP contribution >= 0.6 is 11.8 Å². The Morgan fingerprint density at radius 1 is 1.39 bits per heavy atom. The van der Waals surface area contributed by atoms with E-state index in [1.54, 1.807) is 24.3 Å². The van der Waals surface area contributed by atoms with Gasteiger partial charge in [0.1, 0.15) is 6.33 Å². The van der Waals surface area contributed by atoms with E-state index in [1.165, 1.54) is 11.0 Å². The number of thioether (sulfide) groups is 1. The van der Waals surface area contributed by atoms with Gasteiger partial charge in [-0.05, 0) is 18.6 Å². The first-order valence-corrected chi connectivity index (χ1v) is 7.94. The van der Waals surface area contributed by atoms with Crippen molar-refractivity contribution in [3.05, 3.63) is 36.2 Å². The highest BCUT2D eigenvalue weighted by molar-refractivity contribution is 7.99. The van der Waals surface area contributed by atoms with Crippen molar-refractivity contribution in [3.8, 4) is 0 Å². The van der Waals surface area contributed by atoms with Crippen molar-refractivity contribution in [2.45, 2.75) is 18.5 Å². The van der Waals surface area contributed by atoms with Gasteiger partial charge in [-0.15, -0.1) is 10.2 Å². The Morgan fingerprint density at radius 2 is 2.17 bits per heavy atom. The third kappa shape index (κ3) is 4.71. The van der Waals surface area contributed by atoms with Crippen LogP contribution in [-0.4, -0.2) is 39.1 Å². The van der Waals surface area contributed by atoms with E-state index in [0.29, 0.717) is 23.0 Å². The summed E-state index contributed by atoms with van der Waals surface area (Å²) >= 11 is 1.15. The quantitative estimate of drug-likeness (QED) is 0.445. The minimum atomic E-state index is -0.461. The maximum Gasteiger partial charge on any atom is 0.340 e. The van der Waals surface area contributed by atoms with Gasteiger partial charge in [-0.25, -0.2) is 9.47 Å². The van der Waals surface area contributed by atoms with Crippen molar-refractivity contribution in [2.75, 3.05) is 23.5 Å². The molecular weight excluding hydrogens is 318 g/mol. The minimum absolute atomic E-state index is 0.0915. The number of carbonyl (C=O) groups is 2. The molecule has 0 aliphatic rings.